The van der Waals surface area contributed by atoms with Gasteiger partial charge in [-0.2, -0.15) is 0 Å². The van der Waals surface area contributed by atoms with E-state index in [4.69, 9.17) is 4.74 Å². The topological polar surface area (TPSA) is 80.8 Å². The van der Waals surface area contributed by atoms with Crippen LogP contribution in [0, 0.1) is 43.4 Å². The average Bonchev–Trinajstić information content (AvgIpc) is 3.38. The van der Waals surface area contributed by atoms with E-state index in [1.54, 1.807) is 26.0 Å². The summed E-state index contributed by atoms with van der Waals surface area (Å²) in [7, 11) is 0. The third kappa shape index (κ3) is 3.18. The van der Waals surface area contributed by atoms with Gasteiger partial charge in [-0.25, -0.2) is 4.79 Å². The van der Waals surface area contributed by atoms with Crippen molar-refractivity contribution in [2.45, 2.75) is 40.2 Å². The molecule has 0 radical (unpaired) electrons. The molecule has 1 aromatic rings. The lowest BCUT2D eigenvalue weighted by molar-refractivity contribution is -0.160. The van der Waals surface area contributed by atoms with E-state index in [1.165, 1.54) is 0 Å². The van der Waals surface area contributed by atoms with E-state index in [-0.39, 0.29) is 47.2 Å². The SMILES string of the molecule is Cc1ccc(C(=O)COC(=O)[C@@H](C(C)C)N2C(=O)[C@@H]3[C@H](C2=O)[C@H]2C=C[C@H]3C2)cc1C. The number of esters is 1. The molecule has 1 heterocycles. The normalized spacial score (nSPS) is 27.7. The van der Waals surface area contributed by atoms with Crippen LogP contribution in [-0.2, 0) is 19.1 Å². The third-order valence-corrected chi connectivity index (χ3v) is 6.83. The predicted octanol–water partition coefficient (Wildman–Crippen LogP) is 2.86. The molecule has 1 aromatic carbocycles. The van der Waals surface area contributed by atoms with Crippen LogP contribution in [0.25, 0.3) is 0 Å². The summed E-state index contributed by atoms with van der Waals surface area (Å²) in [6.45, 7) is 7.01. The van der Waals surface area contributed by atoms with Crippen LogP contribution in [0.4, 0.5) is 0 Å². The fourth-order valence-electron chi connectivity index (χ4n) is 5.10. The minimum atomic E-state index is -1.01. The van der Waals surface area contributed by atoms with Crippen molar-refractivity contribution < 1.29 is 23.9 Å². The van der Waals surface area contributed by atoms with Crippen LogP contribution in [-0.4, -0.2) is 41.1 Å². The molecular formula is C24H27NO5. The Morgan fingerprint density at radius 1 is 1.03 bits per heavy atom. The van der Waals surface area contributed by atoms with E-state index in [2.05, 4.69) is 0 Å². The second-order valence-electron chi connectivity index (χ2n) is 9.07. The van der Waals surface area contributed by atoms with E-state index in [0.29, 0.717) is 5.56 Å². The Morgan fingerprint density at radius 3 is 2.17 bits per heavy atom. The summed E-state index contributed by atoms with van der Waals surface area (Å²) < 4.78 is 5.30. The molecule has 4 rings (SSSR count). The van der Waals surface area contributed by atoms with Crippen LogP contribution in [0.2, 0.25) is 0 Å². The highest BCUT2D eigenvalue weighted by Crippen LogP contribution is 2.53. The minimum absolute atomic E-state index is 0.0802. The van der Waals surface area contributed by atoms with E-state index in [0.717, 1.165) is 22.4 Å². The van der Waals surface area contributed by atoms with Gasteiger partial charge in [0.2, 0.25) is 11.8 Å². The van der Waals surface area contributed by atoms with Gasteiger partial charge in [0.15, 0.2) is 12.4 Å². The molecule has 0 unspecified atom stereocenters. The summed E-state index contributed by atoms with van der Waals surface area (Å²) in [5.41, 5.74) is 2.52. The maximum Gasteiger partial charge on any atom is 0.330 e. The molecule has 0 aromatic heterocycles. The lowest BCUT2D eigenvalue weighted by Crippen LogP contribution is -2.50. The van der Waals surface area contributed by atoms with Crippen LogP contribution >= 0.6 is 0 Å². The Hall–Kier alpha value is -2.76. The highest BCUT2D eigenvalue weighted by atomic mass is 16.5. The molecule has 6 heteroatoms. The minimum Gasteiger partial charge on any atom is -0.456 e. The van der Waals surface area contributed by atoms with E-state index >= 15 is 0 Å². The van der Waals surface area contributed by atoms with Crippen LogP contribution in [0.3, 0.4) is 0 Å². The number of allylic oxidation sites excluding steroid dienone is 2. The average molecular weight is 409 g/mol. The number of ether oxygens (including phenoxy) is 1. The largest absolute Gasteiger partial charge is 0.456 e. The maximum atomic E-state index is 13.1. The molecule has 1 aliphatic heterocycles. The lowest BCUT2D eigenvalue weighted by atomic mass is 9.85. The second-order valence-corrected chi connectivity index (χ2v) is 9.07. The maximum absolute atomic E-state index is 13.1. The number of fused-ring (bicyclic) bond motifs is 5. The first-order valence-corrected chi connectivity index (χ1v) is 10.5. The molecule has 0 N–H and O–H groups in total. The number of imide groups is 1. The number of amides is 2. The number of carbonyl (C=O) groups is 4. The van der Waals surface area contributed by atoms with Gasteiger partial charge in [0, 0.05) is 5.56 Å². The molecule has 3 aliphatic rings. The molecule has 1 saturated carbocycles. The first kappa shape index (κ1) is 20.5. The molecular weight excluding hydrogens is 382 g/mol. The summed E-state index contributed by atoms with van der Waals surface area (Å²) >= 11 is 0. The number of aryl methyl sites for hydroxylation is 2. The van der Waals surface area contributed by atoms with E-state index in [1.807, 2.05) is 32.1 Å². The quantitative estimate of drug-likeness (QED) is 0.312. The Labute approximate surface area is 176 Å². The van der Waals surface area contributed by atoms with Gasteiger partial charge in [-0.05, 0) is 55.2 Å². The Bertz CT molecular complexity index is 932. The van der Waals surface area contributed by atoms with Crippen LogP contribution < -0.4 is 0 Å². The number of carbonyl (C=O) groups excluding carboxylic acids is 4. The highest BCUT2D eigenvalue weighted by Gasteiger charge is 2.61. The molecule has 2 bridgehead atoms. The zero-order valence-electron chi connectivity index (χ0n) is 17.8. The number of Topliss-reactive ketones (excluding diaryl/α,β-unsaturated/α-hetero) is 1. The van der Waals surface area contributed by atoms with Crippen molar-refractivity contribution >= 4 is 23.6 Å². The number of nitrogens with zero attached hydrogens (tertiary/aromatic N) is 1. The summed E-state index contributed by atoms with van der Waals surface area (Å²) in [5, 5.41) is 0. The Kier molecular flexibility index (Phi) is 5.12. The van der Waals surface area contributed by atoms with Crippen molar-refractivity contribution in [3.8, 4) is 0 Å². The number of likely N-dealkylation sites (tertiary alicyclic amines) is 1. The summed E-state index contributed by atoms with van der Waals surface area (Å²) in [5.74, 6) is -2.45. The van der Waals surface area contributed by atoms with Gasteiger partial charge in [-0.15, -0.1) is 0 Å². The summed E-state index contributed by atoms with van der Waals surface area (Å²) in [4.78, 5) is 52.6. The first-order chi connectivity index (χ1) is 14.2. The van der Waals surface area contributed by atoms with Gasteiger partial charge in [0.25, 0.3) is 0 Å². The van der Waals surface area contributed by atoms with Gasteiger partial charge in [-0.1, -0.05) is 38.1 Å². The summed E-state index contributed by atoms with van der Waals surface area (Å²) in [6, 6.07) is 4.31. The van der Waals surface area contributed by atoms with Gasteiger partial charge in [0.1, 0.15) is 6.04 Å². The van der Waals surface area contributed by atoms with E-state index in [9.17, 15) is 19.2 Å². The molecule has 6 nitrogen and oxygen atoms in total. The number of benzene rings is 1. The van der Waals surface area contributed by atoms with Gasteiger partial charge >= 0.3 is 5.97 Å². The first-order valence-electron chi connectivity index (χ1n) is 10.5. The Morgan fingerprint density at radius 2 is 1.63 bits per heavy atom. The van der Waals surface area contributed by atoms with Gasteiger partial charge < -0.3 is 4.74 Å². The molecule has 2 fully saturated rings. The molecule has 158 valence electrons. The van der Waals surface area contributed by atoms with Crippen molar-refractivity contribution in [2.24, 2.45) is 29.6 Å². The molecule has 2 amide bonds. The molecule has 5 atom stereocenters. The van der Waals surface area contributed by atoms with Crippen LogP contribution in [0.15, 0.2) is 30.4 Å². The smallest absolute Gasteiger partial charge is 0.330 e. The van der Waals surface area contributed by atoms with Crippen molar-refractivity contribution in [3.63, 3.8) is 0 Å². The van der Waals surface area contributed by atoms with E-state index < -0.39 is 18.6 Å². The third-order valence-electron chi connectivity index (χ3n) is 6.83. The Balaban J connectivity index is 1.47. The van der Waals surface area contributed by atoms with Crippen molar-refractivity contribution in [3.05, 3.63) is 47.0 Å². The summed E-state index contributed by atoms with van der Waals surface area (Å²) in [6.07, 6.45) is 4.87. The number of hydrogen-bond donors (Lipinski definition) is 0. The van der Waals surface area contributed by atoms with Gasteiger partial charge in [-0.3, -0.25) is 19.3 Å². The number of ketones is 1. The van der Waals surface area contributed by atoms with Crippen molar-refractivity contribution in [1.29, 1.82) is 0 Å². The molecule has 0 spiro atoms. The second kappa shape index (κ2) is 7.49. The molecule has 1 saturated heterocycles. The number of hydrogen-bond acceptors (Lipinski definition) is 5. The predicted molar refractivity (Wildman–Crippen MR) is 109 cm³/mol. The van der Waals surface area contributed by atoms with Crippen LogP contribution in [0.1, 0.15) is 41.8 Å². The standard InChI is InChI=1S/C24H27NO5/c1-12(2)21(24(29)30-11-18(26)15-6-5-13(3)14(4)9-15)25-22(27)19-16-7-8-17(10-16)20(19)23(25)28/h5-9,12,16-17,19-21H,10-11H2,1-4H3/t16-,17-,19-,20+,21+/m0/s1. The van der Waals surface area contributed by atoms with Crippen LogP contribution in [0.5, 0.6) is 0 Å². The monoisotopic (exact) mass is 409 g/mol. The van der Waals surface area contributed by atoms with Crippen molar-refractivity contribution in [2.75, 3.05) is 6.61 Å². The fourth-order valence-corrected chi connectivity index (χ4v) is 5.10. The highest BCUT2D eigenvalue weighted by molar-refractivity contribution is 6.09. The zero-order valence-corrected chi connectivity index (χ0v) is 17.8. The molecule has 2 aliphatic carbocycles. The lowest BCUT2D eigenvalue weighted by Gasteiger charge is -2.28. The van der Waals surface area contributed by atoms with Crippen molar-refractivity contribution in [1.82, 2.24) is 4.90 Å². The van der Waals surface area contributed by atoms with Gasteiger partial charge in [0.05, 0.1) is 11.8 Å². The molecule has 30 heavy (non-hydrogen) atoms. The number of rotatable bonds is 6. The fraction of sp³-hybridized carbons (Fsp3) is 0.500. The zero-order chi connectivity index (χ0) is 21.7.